The van der Waals surface area contributed by atoms with Crippen molar-refractivity contribution in [3.8, 4) is 5.75 Å². The van der Waals surface area contributed by atoms with Crippen LogP contribution >= 0.6 is 0 Å². The Bertz CT molecular complexity index is 768. The molecule has 1 aliphatic heterocycles. The van der Waals surface area contributed by atoms with Gasteiger partial charge in [0.05, 0.1) is 12.4 Å². The molecule has 0 radical (unpaired) electrons. The summed E-state index contributed by atoms with van der Waals surface area (Å²) in [5, 5.41) is 12.4. The number of halogens is 2. The van der Waals surface area contributed by atoms with Crippen LogP contribution in [0.25, 0.3) is 0 Å². The van der Waals surface area contributed by atoms with E-state index in [9.17, 15) is 28.2 Å². The van der Waals surface area contributed by atoms with Crippen LogP contribution in [0, 0.1) is 0 Å². The van der Waals surface area contributed by atoms with Gasteiger partial charge < -0.3 is 24.5 Å². The van der Waals surface area contributed by atoms with E-state index in [1.165, 1.54) is 19.1 Å². The highest BCUT2D eigenvalue weighted by Gasteiger charge is 2.39. The van der Waals surface area contributed by atoms with E-state index in [1.54, 1.807) is 6.07 Å². The molecular formula is C17H20BF2NO7. The number of carbonyl (C=O) groups is 3. The lowest BCUT2D eigenvalue weighted by Crippen LogP contribution is -2.53. The molecule has 1 heterocycles. The van der Waals surface area contributed by atoms with E-state index in [0.717, 1.165) is 6.92 Å². The first-order chi connectivity index (χ1) is 13.0. The molecule has 0 saturated heterocycles. The molecular weight excluding hydrogens is 379 g/mol. The van der Waals surface area contributed by atoms with Gasteiger partial charge in [-0.2, -0.15) is 0 Å². The molecule has 0 fully saturated rings. The van der Waals surface area contributed by atoms with E-state index < -0.39 is 49.5 Å². The third kappa shape index (κ3) is 5.91. The second-order valence-electron chi connectivity index (χ2n) is 6.51. The number of nitrogens with one attached hydrogen (secondary N) is 1. The summed E-state index contributed by atoms with van der Waals surface area (Å²) in [5.74, 6) is -6.51. The monoisotopic (exact) mass is 399 g/mol. The van der Waals surface area contributed by atoms with E-state index in [-0.39, 0.29) is 17.7 Å². The number of amides is 1. The van der Waals surface area contributed by atoms with Gasteiger partial charge in [0.1, 0.15) is 11.3 Å². The Kier molecular flexibility index (Phi) is 6.60. The minimum absolute atomic E-state index is 0.0135. The molecule has 1 amide bonds. The maximum Gasteiger partial charge on any atom is 0.547 e. The van der Waals surface area contributed by atoms with E-state index in [0.29, 0.717) is 12.5 Å². The summed E-state index contributed by atoms with van der Waals surface area (Å²) in [6, 6.07) is 4.53. The maximum absolute atomic E-state index is 13.0. The van der Waals surface area contributed by atoms with E-state index in [1.807, 2.05) is 0 Å². The Hall–Kier alpha value is -2.69. The molecule has 1 aromatic carbocycles. The second kappa shape index (κ2) is 8.55. The Morgan fingerprint density at radius 3 is 2.68 bits per heavy atom. The van der Waals surface area contributed by atoms with Crippen LogP contribution in [0.3, 0.4) is 0 Å². The summed E-state index contributed by atoms with van der Waals surface area (Å²) in [7, 11) is -1.55. The van der Waals surface area contributed by atoms with Crippen molar-refractivity contribution < 1.29 is 42.3 Å². The maximum atomic E-state index is 13.0. The molecule has 8 nitrogen and oxygen atoms in total. The number of benzene rings is 1. The van der Waals surface area contributed by atoms with Crippen molar-refractivity contribution in [2.45, 2.75) is 51.8 Å². The minimum Gasteiger partial charge on any atom is -0.534 e. The van der Waals surface area contributed by atoms with Gasteiger partial charge in [-0.1, -0.05) is 12.1 Å². The van der Waals surface area contributed by atoms with Gasteiger partial charge in [-0.3, -0.25) is 9.59 Å². The fourth-order valence-electron chi connectivity index (χ4n) is 2.72. The first-order valence-corrected chi connectivity index (χ1v) is 8.48. The van der Waals surface area contributed by atoms with Crippen molar-refractivity contribution in [2.24, 2.45) is 0 Å². The Morgan fingerprint density at radius 1 is 1.39 bits per heavy atom. The van der Waals surface area contributed by atoms with Crippen LogP contribution in [0.5, 0.6) is 5.75 Å². The van der Waals surface area contributed by atoms with Crippen LogP contribution in [-0.4, -0.2) is 48.1 Å². The van der Waals surface area contributed by atoms with Crippen LogP contribution < -0.4 is 9.97 Å². The molecule has 2 atom stereocenters. The topological polar surface area (TPSA) is 111 Å². The summed E-state index contributed by atoms with van der Waals surface area (Å²) >= 11 is 0. The number of ether oxygens (including phenoxy) is 2. The predicted molar refractivity (Wildman–Crippen MR) is 92.6 cm³/mol. The number of rotatable bonds is 6. The SMILES string of the molecule is CC(=O)OC(C)OC(=O)c1cccc2c1OB(O)[C@@H](NC(=O)CC(C)(F)F)C2. The molecule has 0 bridgehead atoms. The van der Waals surface area contributed by atoms with Gasteiger partial charge >= 0.3 is 19.1 Å². The van der Waals surface area contributed by atoms with E-state index in [4.69, 9.17) is 14.1 Å². The second-order valence-corrected chi connectivity index (χ2v) is 6.51. The third-order valence-corrected chi connectivity index (χ3v) is 3.76. The predicted octanol–water partition coefficient (Wildman–Crippen LogP) is 1.24. The quantitative estimate of drug-likeness (QED) is 0.421. The molecule has 1 unspecified atom stereocenters. The first-order valence-electron chi connectivity index (χ1n) is 8.48. The Morgan fingerprint density at radius 2 is 2.07 bits per heavy atom. The van der Waals surface area contributed by atoms with Gasteiger partial charge in [-0.05, 0) is 25.0 Å². The lowest BCUT2D eigenvalue weighted by Gasteiger charge is -2.29. The number of alkyl halides is 2. The van der Waals surface area contributed by atoms with Gasteiger partial charge in [0.15, 0.2) is 0 Å². The standard InChI is InChI=1S/C17H20BF2NO7/c1-9(22)26-10(2)27-16(24)12-6-4-5-11-7-13(18(25)28-15(11)12)21-14(23)8-17(3,19)20/h4-6,10,13,25H,7-8H2,1-3H3,(H,21,23)/t10?,13-/m0/s1. The van der Waals surface area contributed by atoms with Gasteiger partial charge in [0, 0.05) is 13.8 Å². The Balaban J connectivity index is 2.12. The van der Waals surface area contributed by atoms with Gasteiger partial charge in [0.25, 0.3) is 5.92 Å². The lowest BCUT2D eigenvalue weighted by molar-refractivity contribution is -0.162. The van der Waals surface area contributed by atoms with Gasteiger partial charge in [-0.25, -0.2) is 13.6 Å². The summed E-state index contributed by atoms with van der Waals surface area (Å²) in [4.78, 5) is 34.9. The van der Waals surface area contributed by atoms with Crippen molar-refractivity contribution >= 4 is 25.0 Å². The fourth-order valence-corrected chi connectivity index (χ4v) is 2.72. The average Bonchev–Trinajstić information content (AvgIpc) is 2.52. The molecule has 0 saturated carbocycles. The zero-order chi connectivity index (χ0) is 21.1. The van der Waals surface area contributed by atoms with Crippen molar-refractivity contribution in [1.29, 1.82) is 0 Å². The van der Waals surface area contributed by atoms with Crippen LogP contribution in [0.1, 0.15) is 43.1 Å². The number of hydrogen-bond acceptors (Lipinski definition) is 7. The van der Waals surface area contributed by atoms with Crippen molar-refractivity contribution in [3.05, 3.63) is 29.3 Å². The molecule has 1 aliphatic rings. The fraction of sp³-hybridized carbons (Fsp3) is 0.471. The summed E-state index contributed by atoms with van der Waals surface area (Å²) < 4.78 is 41.0. The van der Waals surface area contributed by atoms with Gasteiger partial charge in [0.2, 0.25) is 12.2 Å². The molecule has 1 aromatic rings. The smallest absolute Gasteiger partial charge is 0.534 e. The molecule has 11 heteroatoms. The molecule has 28 heavy (non-hydrogen) atoms. The Labute approximate surface area is 160 Å². The molecule has 2 rings (SSSR count). The third-order valence-electron chi connectivity index (χ3n) is 3.76. The van der Waals surface area contributed by atoms with Crippen LogP contribution in [0.4, 0.5) is 8.78 Å². The van der Waals surface area contributed by atoms with Crippen molar-refractivity contribution in [1.82, 2.24) is 5.32 Å². The molecule has 2 N–H and O–H groups in total. The molecule has 0 aliphatic carbocycles. The molecule has 0 aromatic heterocycles. The zero-order valence-corrected chi connectivity index (χ0v) is 15.5. The number of esters is 2. The molecule has 152 valence electrons. The zero-order valence-electron chi connectivity index (χ0n) is 15.5. The van der Waals surface area contributed by atoms with Crippen molar-refractivity contribution in [3.63, 3.8) is 0 Å². The largest absolute Gasteiger partial charge is 0.547 e. The highest BCUT2D eigenvalue weighted by molar-refractivity contribution is 6.47. The summed E-state index contributed by atoms with van der Waals surface area (Å²) in [5.41, 5.74) is 0.453. The van der Waals surface area contributed by atoms with Crippen molar-refractivity contribution in [2.75, 3.05) is 0 Å². The number of para-hydroxylation sites is 1. The van der Waals surface area contributed by atoms with Gasteiger partial charge in [-0.15, -0.1) is 0 Å². The van der Waals surface area contributed by atoms with Crippen LogP contribution in [0.2, 0.25) is 0 Å². The normalized spacial score (nSPS) is 17.1. The van der Waals surface area contributed by atoms with Crippen LogP contribution in [0.15, 0.2) is 18.2 Å². The number of hydrogen-bond donors (Lipinski definition) is 2. The highest BCUT2D eigenvalue weighted by atomic mass is 19.3. The average molecular weight is 399 g/mol. The van der Waals surface area contributed by atoms with E-state index >= 15 is 0 Å². The highest BCUT2D eigenvalue weighted by Crippen LogP contribution is 2.31. The summed E-state index contributed by atoms with van der Waals surface area (Å²) in [6.07, 6.45) is -2.10. The number of carbonyl (C=O) groups excluding carboxylic acids is 3. The summed E-state index contributed by atoms with van der Waals surface area (Å²) in [6.45, 7) is 3.14. The molecule has 0 spiro atoms. The lowest BCUT2D eigenvalue weighted by atomic mass is 9.72. The minimum atomic E-state index is -3.18. The number of fused-ring (bicyclic) bond motifs is 1. The van der Waals surface area contributed by atoms with E-state index in [2.05, 4.69) is 5.32 Å². The van der Waals surface area contributed by atoms with Crippen LogP contribution in [-0.2, 0) is 25.5 Å². The first kappa shape index (κ1) is 21.6.